The highest BCUT2D eigenvalue weighted by atomic mass is 16.5. The van der Waals surface area contributed by atoms with Crippen LogP contribution in [0.15, 0.2) is 12.7 Å². The van der Waals surface area contributed by atoms with Gasteiger partial charge in [-0.2, -0.15) is 0 Å². The van der Waals surface area contributed by atoms with E-state index in [4.69, 9.17) is 11.2 Å². The van der Waals surface area contributed by atoms with Crippen molar-refractivity contribution in [1.29, 1.82) is 0 Å². The van der Waals surface area contributed by atoms with Crippen LogP contribution in [-0.4, -0.2) is 12.7 Å². The fourth-order valence-corrected chi connectivity index (χ4v) is 1.75. The molecule has 0 spiro atoms. The highest BCUT2D eigenvalue weighted by molar-refractivity contribution is 5.00. The van der Waals surface area contributed by atoms with E-state index < -0.39 is 0 Å². The smallest absolute Gasteiger partial charge is 0.0865 e. The summed E-state index contributed by atoms with van der Waals surface area (Å²) in [4.78, 5) is 0. The fraction of sp³-hybridized carbons (Fsp3) is 0.714. The molecule has 0 aromatic rings. The lowest BCUT2D eigenvalue weighted by Crippen LogP contribution is -2.28. The number of rotatable bonds is 9. The molecule has 1 unspecified atom stereocenters. The van der Waals surface area contributed by atoms with E-state index in [1.165, 1.54) is 25.7 Å². The van der Waals surface area contributed by atoms with Gasteiger partial charge in [0.15, 0.2) is 0 Å². The minimum Gasteiger partial charge on any atom is -0.374 e. The summed E-state index contributed by atoms with van der Waals surface area (Å²) in [7, 11) is 1.75. The van der Waals surface area contributed by atoms with E-state index in [0.29, 0.717) is 0 Å². The van der Waals surface area contributed by atoms with Crippen LogP contribution in [0.4, 0.5) is 0 Å². The van der Waals surface area contributed by atoms with E-state index in [2.05, 4.69) is 19.4 Å². The summed E-state index contributed by atoms with van der Waals surface area (Å²) in [6.07, 6.45) is 14.9. The molecular weight excluding hydrogens is 184 g/mol. The second kappa shape index (κ2) is 8.56. The Balaban J connectivity index is 4.01. The molecule has 0 saturated heterocycles. The molecule has 15 heavy (non-hydrogen) atoms. The molecule has 0 aromatic heterocycles. The molecule has 1 heteroatoms. The van der Waals surface area contributed by atoms with Crippen molar-refractivity contribution in [2.45, 2.75) is 57.5 Å². The molecule has 0 N–H and O–H groups in total. The summed E-state index contributed by atoms with van der Waals surface area (Å²) in [6.45, 7) is 6.08. The molecule has 0 fully saturated rings. The third kappa shape index (κ3) is 5.64. The molecule has 0 saturated carbocycles. The van der Waals surface area contributed by atoms with Crippen LogP contribution in [0.3, 0.4) is 0 Å². The van der Waals surface area contributed by atoms with Crippen LogP contribution in [0.2, 0.25) is 0 Å². The normalized spacial score (nSPS) is 14.2. The average Bonchev–Trinajstić information content (AvgIpc) is 2.29. The van der Waals surface area contributed by atoms with Crippen molar-refractivity contribution >= 4 is 0 Å². The quantitative estimate of drug-likeness (QED) is 0.317. The van der Waals surface area contributed by atoms with Crippen LogP contribution in [0.5, 0.6) is 0 Å². The van der Waals surface area contributed by atoms with Crippen molar-refractivity contribution < 1.29 is 4.74 Å². The summed E-state index contributed by atoms with van der Waals surface area (Å²) in [6, 6.07) is 0. The van der Waals surface area contributed by atoms with E-state index in [0.717, 1.165) is 19.3 Å². The molecule has 0 radical (unpaired) electrons. The lowest BCUT2D eigenvalue weighted by atomic mass is 9.91. The number of hydrogen-bond donors (Lipinski definition) is 0. The van der Waals surface area contributed by atoms with Crippen molar-refractivity contribution in [3.8, 4) is 12.3 Å². The van der Waals surface area contributed by atoms with Gasteiger partial charge in [0.2, 0.25) is 0 Å². The Kier molecular flexibility index (Phi) is 8.14. The molecule has 86 valence electrons. The summed E-state index contributed by atoms with van der Waals surface area (Å²) >= 11 is 0. The zero-order valence-electron chi connectivity index (χ0n) is 10.2. The van der Waals surface area contributed by atoms with Crippen LogP contribution in [-0.2, 0) is 4.74 Å². The SMILES string of the molecule is C#CCCC(C=C)(CCCCCC)OC. The van der Waals surface area contributed by atoms with Gasteiger partial charge in [-0.25, -0.2) is 0 Å². The highest BCUT2D eigenvalue weighted by Gasteiger charge is 2.24. The van der Waals surface area contributed by atoms with Gasteiger partial charge in [-0.3, -0.25) is 0 Å². The maximum atomic E-state index is 5.56. The maximum absolute atomic E-state index is 5.56. The Hall–Kier alpha value is -0.740. The monoisotopic (exact) mass is 208 g/mol. The molecule has 1 atom stereocenters. The van der Waals surface area contributed by atoms with E-state index in [9.17, 15) is 0 Å². The highest BCUT2D eigenvalue weighted by Crippen LogP contribution is 2.26. The lowest BCUT2D eigenvalue weighted by molar-refractivity contribution is 0.0172. The van der Waals surface area contributed by atoms with Crippen molar-refractivity contribution in [3.05, 3.63) is 12.7 Å². The second-order valence-electron chi connectivity index (χ2n) is 3.99. The van der Waals surface area contributed by atoms with Crippen molar-refractivity contribution in [2.24, 2.45) is 0 Å². The van der Waals surface area contributed by atoms with E-state index in [-0.39, 0.29) is 5.60 Å². The van der Waals surface area contributed by atoms with E-state index in [1.54, 1.807) is 7.11 Å². The summed E-state index contributed by atoms with van der Waals surface area (Å²) in [5, 5.41) is 0. The minimum absolute atomic E-state index is 0.194. The number of methoxy groups -OCH3 is 1. The summed E-state index contributed by atoms with van der Waals surface area (Å²) < 4.78 is 5.56. The molecule has 0 aromatic carbocycles. The Labute approximate surface area is 94.9 Å². The molecule has 0 rings (SSSR count). The Bertz CT molecular complexity index is 202. The first-order valence-electron chi connectivity index (χ1n) is 5.87. The molecule has 1 nitrogen and oxygen atoms in total. The fourth-order valence-electron chi connectivity index (χ4n) is 1.75. The third-order valence-electron chi connectivity index (χ3n) is 2.92. The standard InChI is InChI=1S/C14H24O/c1-5-8-10-11-13-14(7-3,15-4)12-9-6-2/h2,7H,3,5,8-13H2,1,4H3. The first-order valence-corrected chi connectivity index (χ1v) is 5.87. The van der Waals surface area contributed by atoms with Gasteiger partial charge in [0.25, 0.3) is 0 Å². The second-order valence-corrected chi connectivity index (χ2v) is 3.99. The Morgan fingerprint density at radius 2 is 2.07 bits per heavy atom. The van der Waals surface area contributed by atoms with Gasteiger partial charge < -0.3 is 4.74 Å². The average molecular weight is 208 g/mol. The minimum atomic E-state index is -0.194. The molecule has 0 aliphatic rings. The van der Waals surface area contributed by atoms with Crippen LogP contribution in [0, 0.1) is 12.3 Å². The van der Waals surface area contributed by atoms with Gasteiger partial charge in [0.1, 0.15) is 0 Å². The number of terminal acetylenes is 1. The topological polar surface area (TPSA) is 9.23 Å². The van der Waals surface area contributed by atoms with Gasteiger partial charge >= 0.3 is 0 Å². The zero-order valence-corrected chi connectivity index (χ0v) is 10.2. The van der Waals surface area contributed by atoms with Crippen LogP contribution >= 0.6 is 0 Å². The summed E-state index contributed by atoms with van der Waals surface area (Å²) in [5.41, 5.74) is -0.194. The van der Waals surface area contributed by atoms with E-state index in [1.807, 2.05) is 6.08 Å². The number of ether oxygens (including phenoxy) is 1. The van der Waals surface area contributed by atoms with Gasteiger partial charge in [0.05, 0.1) is 5.60 Å². The Morgan fingerprint density at radius 1 is 1.33 bits per heavy atom. The van der Waals surface area contributed by atoms with E-state index >= 15 is 0 Å². The molecular formula is C14H24O. The lowest BCUT2D eigenvalue weighted by Gasteiger charge is -2.28. The summed E-state index contributed by atoms with van der Waals surface area (Å²) in [5.74, 6) is 2.67. The maximum Gasteiger partial charge on any atom is 0.0865 e. The first-order chi connectivity index (χ1) is 7.24. The van der Waals surface area contributed by atoms with Gasteiger partial charge in [-0.1, -0.05) is 38.7 Å². The predicted molar refractivity (Wildman–Crippen MR) is 66.8 cm³/mol. The van der Waals surface area contributed by atoms with Gasteiger partial charge in [-0.15, -0.1) is 18.9 Å². The first kappa shape index (κ1) is 14.3. The van der Waals surface area contributed by atoms with Crippen molar-refractivity contribution in [3.63, 3.8) is 0 Å². The number of unbranched alkanes of at least 4 members (excludes halogenated alkanes) is 3. The predicted octanol–water partition coefficient (Wildman–Crippen LogP) is 3.94. The molecule has 0 amide bonds. The Morgan fingerprint density at radius 3 is 2.53 bits per heavy atom. The number of hydrogen-bond acceptors (Lipinski definition) is 1. The largest absolute Gasteiger partial charge is 0.374 e. The molecule has 0 aliphatic carbocycles. The molecule has 0 heterocycles. The zero-order chi connectivity index (χ0) is 11.6. The third-order valence-corrected chi connectivity index (χ3v) is 2.92. The van der Waals surface area contributed by atoms with Gasteiger partial charge in [0, 0.05) is 13.5 Å². The van der Waals surface area contributed by atoms with Crippen LogP contribution in [0.25, 0.3) is 0 Å². The van der Waals surface area contributed by atoms with Gasteiger partial charge in [-0.05, 0) is 12.8 Å². The van der Waals surface area contributed by atoms with Crippen LogP contribution < -0.4 is 0 Å². The van der Waals surface area contributed by atoms with Crippen molar-refractivity contribution in [1.82, 2.24) is 0 Å². The van der Waals surface area contributed by atoms with Crippen LogP contribution in [0.1, 0.15) is 51.9 Å². The molecule has 0 bridgehead atoms. The van der Waals surface area contributed by atoms with Crippen molar-refractivity contribution in [2.75, 3.05) is 7.11 Å². The molecule has 0 aliphatic heterocycles.